The van der Waals surface area contributed by atoms with Gasteiger partial charge in [-0.1, -0.05) is 30.3 Å². The topological polar surface area (TPSA) is 72.9 Å². The third-order valence-electron chi connectivity index (χ3n) is 7.53. The van der Waals surface area contributed by atoms with Crippen molar-refractivity contribution in [2.75, 3.05) is 18.0 Å². The fraction of sp³-hybridized carbons (Fsp3) is 0.542. The second kappa shape index (κ2) is 9.58. The molecule has 183 valence electrons. The molecule has 11 heteroatoms. The summed E-state index contributed by atoms with van der Waals surface area (Å²) in [5.74, 6) is 4.76. The van der Waals surface area contributed by atoms with E-state index in [0.717, 1.165) is 69.0 Å². The average molecular weight is 560 g/mol. The third-order valence-corrected chi connectivity index (χ3v) is 7.53. The fourth-order valence-electron chi connectivity index (χ4n) is 5.87. The number of rotatable bonds is 4. The summed E-state index contributed by atoms with van der Waals surface area (Å²) in [5.41, 5.74) is 0.245. The van der Waals surface area contributed by atoms with Crippen LogP contribution in [0.5, 0.6) is 0 Å². The van der Waals surface area contributed by atoms with E-state index in [-0.39, 0.29) is 38.6 Å². The number of halogens is 3. The largest absolute Gasteiger partial charge is 0.416 e. The molecule has 3 aromatic rings. The summed E-state index contributed by atoms with van der Waals surface area (Å²) >= 11 is 0. The molecule has 1 aliphatic carbocycles. The summed E-state index contributed by atoms with van der Waals surface area (Å²) in [6, 6.07) is 6.10. The Labute approximate surface area is 226 Å². The maximum absolute atomic E-state index is 13.0. The third kappa shape index (κ3) is 4.80. The van der Waals surface area contributed by atoms with E-state index < -0.39 is 11.7 Å². The Morgan fingerprint density at radius 3 is 2.63 bits per heavy atom. The number of piperidine rings is 1. The number of aryl methyl sites for hydroxylation is 2. The van der Waals surface area contributed by atoms with E-state index in [1.807, 2.05) is 11.6 Å². The Morgan fingerprint density at radius 1 is 1.14 bits per heavy atom. The first-order valence-corrected chi connectivity index (χ1v) is 11.9. The molecule has 7 nitrogen and oxygen atoms in total. The summed E-state index contributed by atoms with van der Waals surface area (Å²) in [4.78, 5) is 11.5. The van der Waals surface area contributed by atoms with Gasteiger partial charge in [-0.15, -0.1) is 0 Å². The Kier molecular flexibility index (Phi) is 6.80. The molecule has 3 aliphatic rings. The van der Waals surface area contributed by atoms with Crippen LogP contribution >= 0.6 is 0 Å². The number of nitrogens with zero attached hydrogens (tertiary/aromatic N) is 6. The van der Waals surface area contributed by atoms with Crippen molar-refractivity contribution < 1.29 is 50.4 Å². The molecule has 3 atom stereocenters. The van der Waals surface area contributed by atoms with Gasteiger partial charge in [0.05, 0.1) is 5.56 Å². The van der Waals surface area contributed by atoms with Crippen molar-refractivity contribution in [2.24, 2.45) is 11.8 Å². The number of benzene rings is 1. The molecule has 2 aromatic heterocycles. The summed E-state index contributed by atoms with van der Waals surface area (Å²) < 4.78 is 46.3. The molecule has 2 aliphatic heterocycles. The van der Waals surface area contributed by atoms with Crippen LogP contribution in [0.3, 0.4) is 0 Å². The van der Waals surface area contributed by atoms with Crippen LogP contribution in [0.1, 0.15) is 60.2 Å². The zero-order chi connectivity index (χ0) is 23.4. The van der Waals surface area contributed by atoms with Crippen molar-refractivity contribution in [1.82, 2.24) is 24.9 Å². The molecule has 0 N–H and O–H groups in total. The maximum atomic E-state index is 13.0. The van der Waals surface area contributed by atoms with Crippen molar-refractivity contribution in [2.45, 2.75) is 57.7 Å². The summed E-state index contributed by atoms with van der Waals surface area (Å²) in [6.45, 7) is 4.34. The second-order valence-electron chi connectivity index (χ2n) is 9.70. The minimum Gasteiger partial charge on any atom is -0.354 e. The maximum Gasteiger partial charge on any atom is 0.416 e. The average Bonchev–Trinajstić information content (AvgIpc) is 3.48. The zero-order valence-electron chi connectivity index (χ0n) is 19.5. The smallest absolute Gasteiger partial charge is 0.354 e. The minimum absolute atomic E-state index is 0. The number of hydrogen-bond acceptors (Lipinski definition) is 6. The Bertz CT molecular complexity index is 1160. The van der Waals surface area contributed by atoms with Crippen molar-refractivity contribution in [3.63, 3.8) is 0 Å². The van der Waals surface area contributed by atoms with Gasteiger partial charge in [0.1, 0.15) is 11.6 Å². The second-order valence-corrected chi connectivity index (χ2v) is 9.70. The standard InChI is InChI=1S/C24H26F3N6O.Y/c1-14-28-23(34-31-14)32-12-16-4-5-17(13-32)20(16)11-21-29-22-19(3-2-10-33(22)30-21)15-6-8-18(9-7-15)24(25,26)27;/h6-9,16,19-20H,2-5,10-13H2,1H3;/q-1;/t16-,19?,20-;/m0./s1. The first kappa shape index (κ1) is 24.9. The molecule has 2 bridgehead atoms. The summed E-state index contributed by atoms with van der Waals surface area (Å²) in [5, 5.41) is 8.73. The molecule has 6 rings (SSSR count). The van der Waals surface area contributed by atoms with Gasteiger partial charge in [-0.25, -0.2) is 9.67 Å². The van der Waals surface area contributed by atoms with Crippen LogP contribution in [0.25, 0.3) is 0 Å². The summed E-state index contributed by atoms with van der Waals surface area (Å²) in [6.07, 6.45) is 0.519. The van der Waals surface area contributed by atoms with Crippen LogP contribution in [-0.4, -0.2) is 38.0 Å². The van der Waals surface area contributed by atoms with E-state index >= 15 is 0 Å². The quantitative estimate of drug-likeness (QED) is 0.436. The van der Waals surface area contributed by atoms with Gasteiger partial charge in [0.2, 0.25) is 0 Å². The van der Waals surface area contributed by atoms with Gasteiger partial charge >= 0.3 is 12.2 Å². The van der Waals surface area contributed by atoms with Crippen LogP contribution in [0.15, 0.2) is 28.8 Å². The van der Waals surface area contributed by atoms with E-state index in [4.69, 9.17) is 14.6 Å². The van der Waals surface area contributed by atoms with E-state index in [2.05, 4.69) is 15.0 Å². The summed E-state index contributed by atoms with van der Waals surface area (Å²) in [7, 11) is 0. The molecule has 0 amide bonds. The molecule has 1 saturated heterocycles. The van der Waals surface area contributed by atoms with Gasteiger partial charge in [-0.05, 0) is 49.8 Å². The molecule has 2 fully saturated rings. The van der Waals surface area contributed by atoms with Crippen molar-refractivity contribution in [1.29, 1.82) is 0 Å². The number of aromatic nitrogens is 5. The van der Waals surface area contributed by atoms with Gasteiger partial charge < -0.3 is 9.42 Å². The predicted molar refractivity (Wildman–Crippen MR) is 117 cm³/mol. The minimum atomic E-state index is -4.33. The Hall–Kier alpha value is -1.81. The Morgan fingerprint density at radius 2 is 1.94 bits per heavy atom. The van der Waals surface area contributed by atoms with E-state index in [1.165, 1.54) is 18.1 Å². The molecular formula is C24H26F3N6OY-. The van der Waals surface area contributed by atoms with Gasteiger partial charge in [0, 0.05) is 51.7 Å². The monoisotopic (exact) mass is 560 g/mol. The molecule has 0 spiro atoms. The molecule has 35 heavy (non-hydrogen) atoms. The molecule has 4 heterocycles. The van der Waals surface area contributed by atoms with Crippen LogP contribution in [-0.2, 0) is 51.9 Å². The molecular weight excluding hydrogens is 534 g/mol. The first-order chi connectivity index (χ1) is 16.3. The molecule has 1 unspecified atom stereocenters. The van der Waals surface area contributed by atoms with E-state index in [0.29, 0.717) is 23.7 Å². The Balaban J connectivity index is 0.00000253. The van der Waals surface area contributed by atoms with Crippen molar-refractivity contribution in [3.8, 4) is 0 Å². The zero-order valence-corrected chi connectivity index (χ0v) is 22.3. The van der Waals surface area contributed by atoms with Crippen LogP contribution < -0.4 is 4.90 Å². The molecule has 1 radical (unpaired) electrons. The van der Waals surface area contributed by atoms with E-state index in [1.54, 1.807) is 12.1 Å². The first-order valence-electron chi connectivity index (χ1n) is 11.9. The normalized spacial score (nSPS) is 24.3. The number of fused-ring (bicyclic) bond motifs is 3. The van der Waals surface area contributed by atoms with Crippen LogP contribution in [0.4, 0.5) is 19.2 Å². The van der Waals surface area contributed by atoms with Crippen molar-refractivity contribution >= 4 is 6.01 Å². The van der Waals surface area contributed by atoms with Gasteiger partial charge in [-0.2, -0.15) is 35.6 Å². The van der Waals surface area contributed by atoms with Crippen molar-refractivity contribution in [3.05, 3.63) is 58.8 Å². The number of anilines is 1. The van der Waals surface area contributed by atoms with Gasteiger partial charge in [0.15, 0.2) is 5.82 Å². The van der Waals surface area contributed by atoms with Crippen LogP contribution in [0, 0.1) is 24.7 Å². The van der Waals surface area contributed by atoms with Crippen LogP contribution in [0.2, 0.25) is 0 Å². The molecule has 1 aromatic carbocycles. The van der Waals surface area contributed by atoms with Gasteiger partial charge in [0.25, 0.3) is 0 Å². The van der Waals surface area contributed by atoms with E-state index in [9.17, 15) is 13.2 Å². The SMILES string of the molecule is Cc1noc(N2C[C-]3CC[C@@H](C2)[C@@H]3Cc2nc3n(n2)CCCC3c2ccc(C(F)(F)F)cc2)n1.[Y]. The van der Waals surface area contributed by atoms with Gasteiger partial charge in [-0.3, -0.25) is 5.92 Å². The fourth-order valence-corrected chi connectivity index (χ4v) is 5.87. The number of alkyl halides is 3. The predicted octanol–water partition coefficient (Wildman–Crippen LogP) is 4.57. The molecule has 1 saturated carbocycles. The number of hydrogen-bond donors (Lipinski definition) is 0.